The predicted molar refractivity (Wildman–Crippen MR) is 73.9 cm³/mol. The Kier molecular flexibility index (Phi) is 2.92. The summed E-state index contributed by atoms with van der Waals surface area (Å²) < 4.78 is 10.9. The van der Waals surface area contributed by atoms with E-state index >= 15 is 0 Å². The molecule has 2 aromatic rings. The highest BCUT2D eigenvalue weighted by Crippen LogP contribution is 2.31. The molecule has 5 nitrogen and oxygen atoms in total. The van der Waals surface area contributed by atoms with Crippen LogP contribution in [0.2, 0.25) is 0 Å². The van der Waals surface area contributed by atoms with Crippen LogP contribution in [-0.4, -0.2) is 29.9 Å². The van der Waals surface area contributed by atoms with Gasteiger partial charge >= 0.3 is 0 Å². The molecule has 0 aliphatic carbocycles. The number of nitrogens with one attached hydrogen (secondary N) is 1. The van der Waals surface area contributed by atoms with Crippen LogP contribution in [0.15, 0.2) is 28.8 Å². The van der Waals surface area contributed by atoms with Crippen molar-refractivity contribution in [2.45, 2.75) is 24.7 Å². The molecule has 0 radical (unpaired) electrons. The SMILES string of the molecule is c1ccc2c(c1)CC(c1nc(C3CCOC3)no1)CN2. The normalized spacial score (nSPS) is 25.2. The highest BCUT2D eigenvalue weighted by atomic mass is 16.5. The Hall–Kier alpha value is -1.88. The lowest BCUT2D eigenvalue weighted by atomic mass is 9.94. The molecule has 1 N–H and O–H groups in total. The number of rotatable bonds is 2. The lowest BCUT2D eigenvalue weighted by Gasteiger charge is -2.23. The molecule has 2 aliphatic rings. The number of para-hydroxylation sites is 1. The molecule has 0 saturated carbocycles. The molecule has 20 heavy (non-hydrogen) atoms. The first-order valence-electron chi connectivity index (χ1n) is 7.13. The fourth-order valence-electron chi connectivity index (χ4n) is 2.93. The van der Waals surface area contributed by atoms with Gasteiger partial charge in [-0.2, -0.15) is 4.98 Å². The molecule has 0 spiro atoms. The topological polar surface area (TPSA) is 60.2 Å². The maximum Gasteiger partial charge on any atom is 0.231 e. The quantitative estimate of drug-likeness (QED) is 0.908. The van der Waals surface area contributed by atoms with Crippen molar-refractivity contribution in [2.75, 3.05) is 25.1 Å². The minimum absolute atomic E-state index is 0.258. The van der Waals surface area contributed by atoms with Crippen molar-refractivity contribution in [1.82, 2.24) is 10.1 Å². The third kappa shape index (κ3) is 2.08. The van der Waals surface area contributed by atoms with E-state index in [0.717, 1.165) is 37.7 Å². The Morgan fingerprint density at radius 3 is 3.05 bits per heavy atom. The summed E-state index contributed by atoms with van der Waals surface area (Å²) in [4.78, 5) is 4.59. The molecule has 4 rings (SSSR count). The van der Waals surface area contributed by atoms with Crippen LogP contribution in [0.3, 0.4) is 0 Å². The van der Waals surface area contributed by atoms with E-state index in [-0.39, 0.29) is 5.92 Å². The summed E-state index contributed by atoms with van der Waals surface area (Å²) in [6.07, 6.45) is 1.94. The number of hydrogen-bond acceptors (Lipinski definition) is 5. The van der Waals surface area contributed by atoms with Crippen LogP contribution in [0.1, 0.15) is 35.5 Å². The molecule has 1 saturated heterocycles. The van der Waals surface area contributed by atoms with Crippen molar-refractivity contribution in [3.63, 3.8) is 0 Å². The number of hydrogen-bond donors (Lipinski definition) is 1. The van der Waals surface area contributed by atoms with Gasteiger partial charge in [0.1, 0.15) is 0 Å². The van der Waals surface area contributed by atoms with Gasteiger partial charge in [-0.15, -0.1) is 0 Å². The fraction of sp³-hybridized carbons (Fsp3) is 0.467. The van der Waals surface area contributed by atoms with Crippen LogP contribution in [0, 0.1) is 0 Å². The molecular formula is C15H17N3O2. The first kappa shape index (κ1) is 11.9. The first-order valence-corrected chi connectivity index (χ1v) is 7.13. The summed E-state index contributed by atoms with van der Waals surface area (Å²) in [6, 6.07) is 8.38. The highest BCUT2D eigenvalue weighted by Gasteiger charge is 2.28. The van der Waals surface area contributed by atoms with Gasteiger partial charge in [-0.3, -0.25) is 0 Å². The molecule has 2 aliphatic heterocycles. The number of nitrogens with zero attached hydrogens (tertiary/aromatic N) is 2. The number of ether oxygens (including phenoxy) is 1. The van der Waals surface area contributed by atoms with Gasteiger partial charge in [0.2, 0.25) is 5.89 Å². The second-order valence-corrected chi connectivity index (χ2v) is 5.49. The highest BCUT2D eigenvalue weighted by molar-refractivity contribution is 5.53. The Labute approximate surface area is 117 Å². The number of anilines is 1. The number of aromatic nitrogens is 2. The van der Waals surface area contributed by atoms with Crippen LogP contribution in [0.25, 0.3) is 0 Å². The molecule has 1 aromatic heterocycles. The summed E-state index contributed by atoms with van der Waals surface area (Å²) in [7, 11) is 0. The summed E-state index contributed by atoms with van der Waals surface area (Å²) in [5, 5.41) is 7.57. The van der Waals surface area contributed by atoms with Crippen molar-refractivity contribution >= 4 is 5.69 Å². The second-order valence-electron chi connectivity index (χ2n) is 5.49. The Bertz CT molecular complexity index is 605. The summed E-state index contributed by atoms with van der Waals surface area (Å²) in [6.45, 7) is 2.36. The van der Waals surface area contributed by atoms with E-state index in [2.05, 4.69) is 39.7 Å². The maximum atomic E-state index is 5.47. The smallest absolute Gasteiger partial charge is 0.231 e. The van der Waals surface area contributed by atoms with E-state index < -0.39 is 0 Å². The molecule has 0 amide bonds. The Balaban J connectivity index is 1.54. The van der Waals surface area contributed by atoms with Crippen molar-refractivity contribution in [3.05, 3.63) is 41.5 Å². The molecule has 3 heterocycles. The lowest BCUT2D eigenvalue weighted by molar-refractivity contribution is 0.192. The molecule has 0 bridgehead atoms. The molecule has 104 valence electrons. The zero-order valence-electron chi connectivity index (χ0n) is 11.2. The molecule has 2 unspecified atom stereocenters. The molecule has 1 fully saturated rings. The van der Waals surface area contributed by atoms with E-state index in [1.54, 1.807) is 0 Å². The third-order valence-electron chi connectivity index (χ3n) is 4.12. The third-order valence-corrected chi connectivity index (χ3v) is 4.12. The molecule has 1 aromatic carbocycles. The van der Waals surface area contributed by atoms with Crippen LogP contribution >= 0.6 is 0 Å². The van der Waals surface area contributed by atoms with Crippen molar-refractivity contribution in [3.8, 4) is 0 Å². The summed E-state index contributed by atoms with van der Waals surface area (Å²) >= 11 is 0. The molecule has 5 heteroatoms. The van der Waals surface area contributed by atoms with Crippen LogP contribution in [0.5, 0.6) is 0 Å². The minimum atomic E-state index is 0.258. The van der Waals surface area contributed by atoms with Gasteiger partial charge < -0.3 is 14.6 Å². The maximum absolute atomic E-state index is 5.47. The van der Waals surface area contributed by atoms with Crippen molar-refractivity contribution in [2.24, 2.45) is 0 Å². The zero-order chi connectivity index (χ0) is 13.4. The fourth-order valence-corrected chi connectivity index (χ4v) is 2.93. The van der Waals surface area contributed by atoms with Crippen LogP contribution < -0.4 is 5.32 Å². The molecular weight excluding hydrogens is 254 g/mol. The van der Waals surface area contributed by atoms with E-state index in [4.69, 9.17) is 9.26 Å². The van der Waals surface area contributed by atoms with E-state index in [1.807, 2.05) is 0 Å². The Morgan fingerprint density at radius 1 is 1.20 bits per heavy atom. The van der Waals surface area contributed by atoms with Crippen molar-refractivity contribution in [1.29, 1.82) is 0 Å². The number of benzene rings is 1. The second kappa shape index (κ2) is 4.90. The summed E-state index contributed by atoms with van der Waals surface area (Å²) in [5.74, 6) is 2.11. The van der Waals surface area contributed by atoms with Crippen LogP contribution in [-0.2, 0) is 11.2 Å². The van der Waals surface area contributed by atoms with Gasteiger partial charge in [0, 0.05) is 24.8 Å². The van der Waals surface area contributed by atoms with Gasteiger partial charge in [0.25, 0.3) is 0 Å². The van der Waals surface area contributed by atoms with Crippen LogP contribution in [0.4, 0.5) is 5.69 Å². The van der Waals surface area contributed by atoms with Crippen molar-refractivity contribution < 1.29 is 9.26 Å². The lowest BCUT2D eigenvalue weighted by Crippen LogP contribution is -2.21. The van der Waals surface area contributed by atoms with E-state index in [1.165, 1.54) is 11.3 Å². The van der Waals surface area contributed by atoms with Gasteiger partial charge in [-0.05, 0) is 24.5 Å². The Morgan fingerprint density at radius 2 is 2.15 bits per heavy atom. The minimum Gasteiger partial charge on any atom is -0.384 e. The monoisotopic (exact) mass is 271 g/mol. The van der Waals surface area contributed by atoms with Gasteiger partial charge in [-0.1, -0.05) is 23.4 Å². The average Bonchev–Trinajstić information content (AvgIpc) is 3.17. The van der Waals surface area contributed by atoms with E-state index in [9.17, 15) is 0 Å². The van der Waals surface area contributed by atoms with Gasteiger partial charge in [0.15, 0.2) is 5.82 Å². The van der Waals surface area contributed by atoms with Gasteiger partial charge in [0.05, 0.1) is 12.5 Å². The zero-order valence-corrected chi connectivity index (χ0v) is 11.2. The average molecular weight is 271 g/mol. The molecule has 2 atom stereocenters. The summed E-state index contributed by atoms with van der Waals surface area (Å²) in [5.41, 5.74) is 2.53. The van der Waals surface area contributed by atoms with E-state index in [0.29, 0.717) is 12.5 Å². The first-order chi connectivity index (χ1) is 9.90. The predicted octanol–water partition coefficient (Wildman–Crippen LogP) is 2.33. The largest absolute Gasteiger partial charge is 0.384 e. The van der Waals surface area contributed by atoms with Gasteiger partial charge in [-0.25, -0.2) is 0 Å². The number of fused-ring (bicyclic) bond motifs is 1. The standard InChI is InChI=1S/C15H17N3O2/c1-2-4-13-10(3-1)7-12(8-16-13)15-17-14(18-20-15)11-5-6-19-9-11/h1-4,11-12,16H,5-9H2.